The quantitative estimate of drug-likeness (QED) is 0.545. The van der Waals surface area contributed by atoms with E-state index in [9.17, 15) is 4.79 Å². The molecule has 2 aromatic heterocycles. The summed E-state index contributed by atoms with van der Waals surface area (Å²) in [7, 11) is 0. The summed E-state index contributed by atoms with van der Waals surface area (Å²) in [5, 5.41) is 6.25. The third-order valence-electron chi connectivity index (χ3n) is 3.03. The molecule has 6 heteroatoms. The van der Waals surface area contributed by atoms with Crippen LogP contribution < -0.4 is 56.7 Å². The first-order valence-electron chi connectivity index (χ1n) is 7.47. The summed E-state index contributed by atoms with van der Waals surface area (Å²) >= 11 is 0. The molecule has 0 fully saturated rings. The van der Waals surface area contributed by atoms with E-state index in [1.54, 1.807) is 48.7 Å². The Kier molecular flexibility index (Phi) is 9.24. The van der Waals surface area contributed by atoms with Crippen molar-refractivity contribution in [2.75, 3.05) is 5.32 Å². The van der Waals surface area contributed by atoms with E-state index in [0.29, 0.717) is 5.56 Å². The van der Waals surface area contributed by atoms with Crippen LogP contribution in [0.4, 0.5) is 5.69 Å². The summed E-state index contributed by atoms with van der Waals surface area (Å²) in [6.45, 7) is 6.21. The number of benzene rings is 1. The van der Waals surface area contributed by atoms with Crippen molar-refractivity contribution < 1.29 is 60.7 Å². The molecule has 0 spiro atoms. The maximum atomic E-state index is 11.7. The molecule has 5 nitrogen and oxygen atoms in total. The van der Waals surface area contributed by atoms with Gasteiger partial charge in [0.1, 0.15) is 0 Å². The Morgan fingerprint density at radius 2 is 1.92 bits per heavy atom. The maximum absolute atomic E-state index is 11.7. The molecule has 1 N–H and O–H groups in total. The first-order chi connectivity index (χ1) is 11.5. The topological polar surface area (TPSA) is 68.0 Å². The summed E-state index contributed by atoms with van der Waals surface area (Å²) in [6.07, 6.45) is 5.78. The second-order valence-corrected chi connectivity index (χ2v) is 6.05. The first kappa shape index (κ1) is 21.7. The van der Waals surface area contributed by atoms with E-state index in [2.05, 4.69) is 48.5 Å². The fourth-order valence-corrected chi connectivity index (χ4v) is 1.71. The number of pyridine rings is 1. The molecule has 3 aromatic rings. The fraction of sp³-hybridized carbons (Fsp3) is 0.211. The molecule has 0 saturated carbocycles. The van der Waals surface area contributed by atoms with Crippen LogP contribution >= 0.6 is 0 Å². The van der Waals surface area contributed by atoms with Crippen LogP contribution in [0.15, 0.2) is 59.4 Å². The van der Waals surface area contributed by atoms with Gasteiger partial charge in [-0.15, -0.1) is 18.3 Å². The molecule has 0 bridgehead atoms. The van der Waals surface area contributed by atoms with Crippen LogP contribution in [0.3, 0.4) is 0 Å². The van der Waals surface area contributed by atoms with Gasteiger partial charge in [0.25, 0.3) is 5.91 Å². The molecule has 0 aliphatic heterocycles. The van der Waals surface area contributed by atoms with Crippen molar-refractivity contribution in [3.8, 4) is 0 Å². The van der Waals surface area contributed by atoms with Crippen molar-refractivity contribution in [1.29, 1.82) is 0 Å². The average Bonchev–Trinajstić information content (AvgIpc) is 3.12. The molecule has 0 radical (unpaired) electrons. The average molecular weight is 360 g/mol. The Morgan fingerprint density at radius 3 is 2.40 bits per heavy atom. The van der Waals surface area contributed by atoms with Crippen LogP contribution in [0.5, 0.6) is 0 Å². The molecule has 0 unspecified atom stereocenters. The number of carbonyl (C=O) groups excluding carboxylic acids is 1. The third-order valence-corrected chi connectivity index (χ3v) is 3.03. The number of aromatic nitrogens is 2. The van der Waals surface area contributed by atoms with E-state index in [1.165, 1.54) is 6.20 Å². The summed E-state index contributed by atoms with van der Waals surface area (Å²) < 4.78 is 4.89. The summed E-state index contributed by atoms with van der Waals surface area (Å²) in [4.78, 5) is 15.5. The van der Waals surface area contributed by atoms with E-state index < -0.39 is 0 Å². The Hall–Kier alpha value is -1.31. The number of nitrogens with one attached hydrogen (secondary N) is 1. The maximum Gasteiger partial charge on any atom is 1.00 e. The molecule has 124 valence electrons. The van der Waals surface area contributed by atoms with Crippen molar-refractivity contribution in [3.63, 3.8) is 0 Å². The second kappa shape index (κ2) is 10.6. The zero-order valence-corrected chi connectivity index (χ0v) is 18.0. The minimum absolute atomic E-state index is 0. The Morgan fingerprint density at radius 1 is 1.20 bits per heavy atom. The molecule has 1 amide bonds. The smallest absolute Gasteiger partial charge is 0.470 e. The molecule has 3 rings (SSSR count). The number of nitrogens with zero attached hydrogens (tertiary/aromatic N) is 2. The van der Waals surface area contributed by atoms with Gasteiger partial charge in [-0.2, -0.15) is 24.3 Å². The zero-order valence-electron chi connectivity index (χ0n) is 14.9. The Bertz CT molecular complexity index is 739. The van der Waals surface area contributed by atoms with Gasteiger partial charge in [0.15, 0.2) is 0 Å². The van der Waals surface area contributed by atoms with E-state index in [4.69, 9.17) is 4.52 Å². The Labute approximate surface area is 190 Å². The van der Waals surface area contributed by atoms with Gasteiger partial charge in [0, 0.05) is 12.4 Å². The standard InChI is InChI=1S/C12H9N2O.C7H10NO.K/c15-12(10-5-4-8-13-9-10)14-11-6-2-1-3-7-11;1-7(2,3)6-4-5-8-9-6;/h2-9H,(H,14,15);4H,1-3H3;/q2*-1;+1. The number of hydrogen-bond donors (Lipinski definition) is 1. The molecular formula is C19H19KN3O2-. The monoisotopic (exact) mass is 360 g/mol. The first-order valence-corrected chi connectivity index (χ1v) is 7.47. The van der Waals surface area contributed by atoms with Crippen LogP contribution in [0.1, 0.15) is 36.9 Å². The number of amides is 1. The molecule has 0 saturated heterocycles. The third kappa shape index (κ3) is 7.62. The van der Waals surface area contributed by atoms with Crippen molar-refractivity contribution in [3.05, 3.63) is 78.4 Å². The zero-order chi connectivity index (χ0) is 17.4. The van der Waals surface area contributed by atoms with Gasteiger partial charge in [-0.05, 0) is 23.3 Å². The molecule has 2 heterocycles. The van der Waals surface area contributed by atoms with Gasteiger partial charge >= 0.3 is 51.4 Å². The molecular weight excluding hydrogens is 341 g/mol. The largest absolute Gasteiger partial charge is 1.00 e. The van der Waals surface area contributed by atoms with Crippen molar-refractivity contribution in [2.45, 2.75) is 26.2 Å². The van der Waals surface area contributed by atoms with Gasteiger partial charge in [-0.25, -0.2) is 5.16 Å². The minimum atomic E-state index is -0.158. The van der Waals surface area contributed by atoms with E-state index in [0.717, 1.165) is 11.4 Å². The second-order valence-electron chi connectivity index (χ2n) is 6.05. The summed E-state index contributed by atoms with van der Waals surface area (Å²) in [5.74, 6) is 0.719. The summed E-state index contributed by atoms with van der Waals surface area (Å²) in [6, 6.07) is 15.2. The molecule has 0 aliphatic carbocycles. The van der Waals surface area contributed by atoms with Crippen molar-refractivity contribution in [1.82, 2.24) is 10.1 Å². The van der Waals surface area contributed by atoms with E-state index in [-0.39, 0.29) is 62.7 Å². The predicted molar refractivity (Wildman–Crippen MR) is 91.5 cm³/mol. The van der Waals surface area contributed by atoms with Gasteiger partial charge in [0.2, 0.25) is 0 Å². The van der Waals surface area contributed by atoms with Gasteiger partial charge in [0.05, 0.1) is 5.56 Å². The van der Waals surface area contributed by atoms with Crippen LogP contribution in [0.2, 0.25) is 0 Å². The molecule has 0 aliphatic rings. The summed E-state index contributed by atoms with van der Waals surface area (Å²) in [5.41, 5.74) is 1.36. The normalized spacial score (nSPS) is 10.0. The van der Waals surface area contributed by atoms with Gasteiger partial charge < -0.3 is 9.84 Å². The SMILES string of the molecule is CC(C)(C)c1c[c-]no1.O=C(Nc1cc[c-]cc1)c1cccnc1.[K+]. The molecule has 25 heavy (non-hydrogen) atoms. The van der Waals surface area contributed by atoms with Crippen LogP contribution in [-0.4, -0.2) is 16.0 Å². The van der Waals surface area contributed by atoms with Crippen molar-refractivity contribution in [2.24, 2.45) is 0 Å². The number of rotatable bonds is 2. The molecule has 0 atom stereocenters. The molecule has 1 aromatic carbocycles. The Balaban J connectivity index is 0.000000270. The number of hydrogen-bond acceptors (Lipinski definition) is 4. The number of carbonyl (C=O) groups is 1. The fourth-order valence-electron chi connectivity index (χ4n) is 1.71. The van der Waals surface area contributed by atoms with E-state index in [1.807, 2.05) is 0 Å². The van der Waals surface area contributed by atoms with E-state index >= 15 is 0 Å². The van der Waals surface area contributed by atoms with Crippen LogP contribution in [0.25, 0.3) is 0 Å². The minimum Gasteiger partial charge on any atom is -0.470 e. The van der Waals surface area contributed by atoms with Crippen LogP contribution in [-0.2, 0) is 5.41 Å². The van der Waals surface area contributed by atoms with Gasteiger partial charge in [-0.1, -0.05) is 26.5 Å². The van der Waals surface area contributed by atoms with Crippen molar-refractivity contribution >= 4 is 11.6 Å². The predicted octanol–water partition coefficient (Wildman–Crippen LogP) is 0.910. The number of anilines is 1. The van der Waals surface area contributed by atoms with Gasteiger partial charge in [-0.3, -0.25) is 9.78 Å². The van der Waals surface area contributed by atoms with Crippen LogP contribution in [0, 0.1) is 12.3 Å².